The van der Waals surface area contributed by atoms with Crippen molar-refractivity contribution in [1.82, 2.24) is 5.16 Å². The maximum atomic E-state index is 12.8. The summed E-state index contributed by atoms with van der Waals surface area (Å²) in [6.07, 6.45) is -2.80. The number of nitrogens with one attached hydrogen (secondary N) is 1. The fraction of sp³-hybridized carbons (Fsp3) is 0.167. The summed E-state index contributed by atoms with van der Waals surface area (Å²) in [7, 11) is -3.96. The Kier molecular flexibility index (Phi) is 5.44. The number of hydrogen-bond acceptors (Lipinski definition) is 5. The van der Waals surface area contributed by atoms with Crippen LogP contribution in [0.1, 0.15) is 11.3 Å². The molecule has 3 rings (SSSR count). The van der Waals surface area contributed by atoms with E-state index in [1.807, 2.05) is 12.3 Å². The van der Waals surface area contributed by atoms with Gasteiger partial charge in [0.1, 0.15) is 5.69 Å². The lowest BCUT2D eigenvalue weighted by Gasteiger charge is -2.12. The molecule has 0 aliphatic carbocycles. The molecule has 0 atom stereocenters. The van der Waals surface area contributed by atoms with Crippen LogP contribution < -0.4 is 4.72 Å². The molecule has 0 unspecified atom stereocenters. The summed E-state index contributed by atoms with van der Waals surface area (Å²) >= 11 is 1.47. The first-order chi connectivity index (χ1) is 13.1. The van der Waals surface area contributed by atoms with Crippen LogP contribution in [0.3, 0.4) is 0 Å². The van der Waals surface area contributed by atoms with Gasteiger partial charge in [-0.25, -0.2) is 8.42 Å². The lowest BCUT2D eigenvalue weighted by molar-refractivity contribution is -0.155. The second-order valence-corrected chi connectivity index (χ2v) is 8.42. The van der Waals surface area contributed by atoms with Crippen molar-refractivity contribution >= 4 is 27.5 Å². The van der Waals surface area contributed by atoms with Gasteiger partial charge >= 0.3 is 6.18 Å². The Morgan fingerprint density at radius 2 is 1.86 bits per heavy atom. The average molecular weight is 428 g/mol. The van der Waals surface area contributed by atoms with Gasteiger partial charge in [-0.1, -0.05) is 23.4 Å². The Hall–Kier alpha value is -2.46. The predicted molar refractivity (Wildman–Crippen MR) is 101 cm³/mol. The molecule has 148 valence electrons. The van der Waals surface area contributed by atoms with E-state index < -0.39 is 22.0 Å². The van der Waals surface area contributed by atoms with Crippen LogP contribution in [0.4, 0.5) is 18.9 Å². The van der Waals surface area contributed by atoms with Gasteiger partial charge < -0.3 is 4.52 Å². The van der Waals surface area contributed by atoms with E-state index >= 15 is 0 Å². The van der Waals surface area contributed by atoms with Gasteiger partial charge in [0.15, 0.2) is 0 Å². The zero-order valence-corrected chi connectivity index (χ0v) is 16.4. The number of benzene rings is 2. The third-order valence-electron chi connectivity index (χ3n) is 3.88. The van der Waals surface area contributed by atoms with Gasteiger partial charge in [-0.05, 0) is 43.0 Å². The molecule has 28 heavy (non-hydrogen) atoms. The highest BCUT2D eigenvalue weighted by molar-refractivity contribution is 7.98. The molecule has 0 saturated heterocycles. The summed E-state index contributed by atoms with van der Waals surface area (Å²) in [6, 6.07) is 11.9. The topological polar surface area (TPSA) is 72.2 Å². The molecule has 5 nitrogen and oxygen atoms in total. The first-order valence-corrected chi connectivity index (χ1v) is 10.6. The van der Waals surface area contributed by atoms with Crippen molar-refractivity contribution in [2.24, 2.45) is 0 Å². The Labute approximate surface area is 164 Å². The molecule has 10 heteroatoms. The first kappa shape index (κ1) is 20.3. The van der Waals surface area contributed by atoms with E-state index in [1.54, 1.807) is 25.1 Å². The summed E-state index contributed by atoms with van der Waals surface area (Å²) in [4.78, 5) is 0.823. The van der Waals surface area contributed by atoms with Gasteiger partial charge in [0.05, 0.1) is 4.90 Å². The third kappa shape index (κ3) is 4.33. The van der Waals surface area contributed by atoms with Gasteiger partial charge in [-0.3, -0.25) is 4.72 Å². The van der Waals surface area contributed by atoms with E-state index in [-0.39, 0.29) is 16.2 Å². The smallest absolute Gasteiger partial charge is 0.351 e. The van der Waals surface area contributed by atoms with Crippen LogP contribution in [0.2, 0.25) is 0 Å². The molecule has 0 saturated carbocycles. The number of aryl methyl sites for hydroxylation is 1. The highest BCUT2D eigenvalue weighted by Gasteiger charge is 2.36. The Bertz CT molecular complexity index is 1110. The molecule has 3 aromatic rings. The zero-order valence-electron chi connectivity index (χ0n) is 14.7. The van der Waals surface area contributed by atoms with E-state index in [1.165, 1.54) is 30.0 Å². The Morgan fingerprint density at radius 1 is 1.11 bits per heavy atom. The van der Waals surface area contributed by atoms with Crippen LogP contribution >= 0.6 is 11.8 Å². The highest BCUT2D eigenvalue weighted by atomic mass is 32.2. The van der Waals surface area contributed by atoms with Crippen molar-refractivity contribution in [3.8, 4) is 11.3 Å². The lowest BCUT2D eigenvalue weighted by atomic mass is 10.1. The van der Waals surface area contributed by atoms with Crippen LogP contribution in [0.25, 0.3) is 11.3 Å². The molecular weight excluding hydrogens is 413 g/mol. The standard InChI is InChI=1S/C18H15F3N2O3S2/c1-11-6-7-12(15-10-17(26-22-15)18(19,20)21)8-16(11)28(24,25)23-13-4-3-5-14(9-13)27-2/h3-10,23H,1-2H3. The molecule has 1 N–H and O–H groups in total. The number of alkyl halides is 3. The minimum absolute atomic E-state index is 0.0592. The minimum atomic E-state index is -4.67. The summed E-state index contributed by atoms with van der Waals surface area (Å²) < 4.78 is 70.6. The Morgan fingerprint density at radius 3 is 2.50 bits per heavy atom. The molecule has 1 aromatic heterocycles. The minimum Gasteiger partial charge on any atom is -0.351 e. The number of nitrogens with zero attached hydrogens (tertiary/aromatic N) is 1. The summed E-state index contributed by atoms with van der Waals surface area (Å²) in [5, 5.41) is 3.40. The fourth-order valence-corrected chi connectivity index (χ4v) is 4.27. The zero-order chi connectivity index (χ0) is 20.5. The number of halogens is 3. The maximum absolute atomic E-state index is 12.8. The fourth-order valence-electron chi connectivity index (χ4n) is 2.49. The number of aromatic nitrogens is 1. The average Bonchev–Trinajstić information content (AvgIpc) is 3.12. The second-order valence-electron chi connectivity index (χ2n) is 5.89. The molecule has 0 bridgehead atoms. The number of sulfonamides is 1. The first-order valence-electron chi connectivity index (χ1n) is 7.92. The van der Waals surface area contributed by atoms with E-state index in [0.717, 1.165) is 11.0 Å². The highest BCUT2D eigenvalue weighted by Crippen LogP contribution is 2.33. The van der Waals surface area contributed by atoms with E-state index in [9.17, 15) is 21.6 Å². The van der Waals surface area contributed by atoms with Gasteiger partial charge in [0, 0.05) is 22.2 Å². The van der Waals surface area contributed by atoms with Crippen LogP contribution in [-0.4, -0.2) is 19.8 Å². The monoisotopic (exact) mass is 428 g/mol. The molecular formula is C18H15F3N2O3S2. The number of anilines is 1. The largest absolute Gasteiger partial charge is 0.452 e. The van der Waals surface area contributed by atoms with Crippen molar-refractivity contribution in [2.45, 2.75) is 22.9 Å². The lowest BCUT2D eigenvalue weighted by Crippen LogP contribution is -2.14. The summed E-state index contributed by atoms with van der Waals surface area (Å²) in [5.74, 6) is -1.25. The SMILES string of the molecule is CSc1cccc(NS(=O)(=O)c2cc(-c3cc(C(F)(F)F)on3)ccc2C)c1. The quantitative estimate of drug-likeness (QED) is 0.566. The van der Waals surface area contributed by atoms with E-state index in [2.05, 4.69) is 14.4 Å². The van der Waals surface area contributed by atoms with E-state index in [0.29, 0.717) is 11.3 Å². The van der Waals surface area contributed by atoms with Crippen LogP contribution in [0.5, 0.6) is 0 Å². The number of rotatable bonds is 5. The van der Waals surface area contributed by atoms with Crippen molar-refractivity contribution in [3.63, 3.8) is 0 Å². The summed E-state index contributed by atoms with van der Waals surface area (Å²) in [6.45, 7) is 1.60. The second kappa shape index (κ2) is 7.51. The normalized spacial score (nSPS) is 12.2. The van der Waals surface area contributed by atoms with E-state index in [4.69, 9.17) is 0 Å². The molecule has 2 aromatic carbocycles. The molecule has 0 spiro atoms. The Balaban J connectivity index is 1.97. The van der Waals surface area contributed by atoms with Crippen molar-refractivity contribution < 1.29 is 26.1 Å². The van der Waals surface area contributed by atoms with Crippen LogP contribution in [-0.2, 0) is 16.2 Å². The molecule has 1 heterocycles. The van der Waals surface area contributed by atoms with Crippen LogP contribution in [0, 0.1) is 6.92 Å². The van der Waals surface area contributed by atoms with Crippen LogP contribution in [0.15, 0.2) is 62.8 Å². The van der Waals surface area contributed by atoms with Gasteiger partial charge in [-0.2, -0.15) is 13.2 Å². The van der Waals surface area contributed by atoms with Gasteiger partial charge in [0.25, 0.3) is 10.0 Å². The summed E-state index contributed by atoms with van der Waals surface area (Å²) in [5.41, 5.74) is 0.922. The van der Waals surface area contributed by atoms with Gasteiger partial charge in [-0.15, -0.1) is 11.8 Å². The number of hydrogen-bond donors (Lipinski definition) is 1. The third-order valence-corrected chi connectivity index (χ3v) is 6.13. The van der Waals surface area contributed by atoms with Crippen molar-refractivity contribution in [1.29, 1.82) is 0 Å². The molecule has 0 radical (unpaired) electrons. The maximum Gasteiger partial charge on any atom is 0.452 e. The molecule has 0 aliphatic rings. The van der Waals surface area contributed by atoms with Gasteiger partial charge in [0.2, 0.25) is 5.76 Å². The van der Waals surface area contributed by atoms with Crippen molar-refractivity contribution in [3.05, 3.63) is 59.9 Å². The van der Waals surface area contributed by atoms with Crippen molar-refractivity contribution in [2.75, 3.05) is 11.0 Å². The number of thioether (sulfide) groups is 1. The predicted octanol–water partition coefficient (Wildman–Crippen LogP) is 5.19. The molecule has 0 aliphatic heterocycles. The molecule has 0 fully saturated rings. The molecule has 0 amide bonds.